The highest BCUT2D eigenvalue weighted by atomic mass is 79.9. The molecule has 0 radical (unpaired) electrons. The second kappa shape index (κ2) is 14.4. The average molecular weight is 815 g/mol. The molecule has 0 saturated heterocycles. The lowest BCUT2D eigenvalue weighted by atomic mass is 10.1. The van der Waals surface area contributed by atoms with Crippen LogP contribution in [0, 0.1) is 0 Å². The van der Waals surface area contributed by atoms with Gasteiger partial charge < -0.3 is 30.6 Å². The molecule has 0 aliphatic carbocycles. The minimum absolute atomic E-state index is 0.0256. The van der Waals surface area contributed by atoms with E-state index in [-0.39, 0.29) is 11.5 Å². The summed E-state index contributed by atoms with van der Waals surface area (Å²) in [4.78, 5) is 65.9. The molecule has 0 saturated carbocycles. The number of anilines is 4. The summed E-state index contributed by atoms with van der Waals surface area (Å²) in [5.41, 5.74) is 5.80. The standard InChI is InChI=1S/C19H20BrN7O.C14H9BrN6O2/c1-27(2)5-3-4-13(28)17-16(20)15-18(23-10-24-19(15)26-17)25-14-6-11-7-21-8-12(11)9-22-14;15-10-9-12(18-5-19-13(9)21-11(10)14(22)23)20-8-1-6-2-16-3-7(6)4-17-8/h6-7,9-10H,3-5,8H2,1-2H3,(H2,22,23,24,25,26);1-2,4-5H,3H2,(H,22,23)(H2,17,18,19,20,21). The maximum absolute atomic E-state index is 12.6. The van der Waals surface area contributed by atoms with E-state index in [1.807, 2.05) is 38.6 Å². The third-order valence-corrected chi connectivity index (χ3v) is 9.67. The number of halogens is 2. The molecule has 0 unspecified atom stereocenters. The summed E-state index contributed by atoms with van der Waals surface area (Å²) < 4.78 is 1.06. The molecule has 0 spiro atoms. The average Bonchev–Trinajstić information content (AvgIpc) is 3.91. The topological polar surface area (TPSA) is 215 Å². The highest BCUT2D eigenvalue weighted by Crippen LogP contribution is 2.34. The molecule has 16 nitrogen and oxygen atoms in total. The number of carboxylic acids is 1. The van der Waals surface area contributed by atoms with E-state index in [1.54, 1.807) is 12.4 Å². The van der Waals surface area contributed by atoms with Crippen LogP contribution in [0.1, 0.15) is 56.1 Å². The number of aromatic nitrogens is 8. The van der Waals surface area contributed by atoms with Crippen LogP contribution in [0.15, 0.2) is 56.1 Å². The maximum atomic E-state index is 12.6. The number of H-pyrrole nitrogens is 2. The number of carbonyl (C=O) groups excluding carboxylic acids is 1. The third kappa shape index (κ3) is 7.10. The lowest BCUT2D eigenvalue weighted by molar-refractivity contribution is 0.0690. The number of carbonyl (C=O) groups is 2. The number of ketones is 1. The lowest BCUT2D eigenvalue weighted by Crippen LogP contribution is -2.14. The van der Waals surface area contributed by atoms with Gasteiger partial charge in [0.2, 0.25) is 0 Å². The van der Waals surface area contributed by atoms with Crippen molar-refractivity contribution in [2.75, 3.05) is 31.3 Å². The molecular weight excluding hydrogens is 786 g/mol. The maximum Gasteiger partial charge on any atom is 0.353 e. The van der Waals surface area contributed by atoms with Gasteiger partial charge >= 0.3 is 5.97 Å². The first-order valence-corrected chi connectivity index (χ1v) is 17.2. The molecule has 0 fully saturated rings. The number of aliphatic imine (C=N–C) groups is 2. The predicted molar refractivity (Wildman–Crippen MR) is 200 cm³/mol. The van der Waals surface area contributed by atoms with Crippen LogP contribution in [0.2, 0.25) is 0 Å². The van der Waals surface area contributed by atoms with Crippen molar-refractivity contribution in [3.05, 3.63) is 79.8 Å². The third-order valence-electron chi connectivity index (χ3n) is 8.08. The summed E-state index contributed by atoms with van der Waals surface area (Å²) in [5, 5.41) is 16.8. The summed E-state index contributed by atoms with van der Waals surface area (Å²) in [7, 11) is 3.99. The van der Waals surface area contributed by atoms with Crippen molar-refractivity contribution in [3.63, 3.8) is 0 Å². The number of aromatic carboxylic acids is 1. The molecule has 18 heteroatoms. The number of fused-ring (bicyclic) bond motifs is 4. The first-order valence-electron chi connectivity index (χ1n) is 15.6. The van der Waals surface area contributed by atoms with E-state index in [2.05, 4.69) is 97.3 Å². The number of hydrogen-bond donors (Lipinski definition) is 5. The van der Waals surface area contributed by atoms with E-state index in [1.165, 1.54) is 12.7 Å². The van der Waals surface area contributed by atoms with Gasteiger partial charge in [0, 0.05) is 53.5 Å². The SMILES string of the molecule is CN(C)CCCC(=O)c1[nH]c2ncnc(Nc3cc4c(cn3)CN=C4)c2c1Br.O=C(O)c1[nH]c2ncnc(Nc3cc4c(cn3)CN=C4)c2c1Br. The number of rotatable bonds is 10. The van der Waals surface area contributed by atoms with Crippen molar-refractivity contribution in [1.29, 1.82) is 0 Å². The van der Waals surface area contributed by atoms with Gasteiger partial charge in [-0.3, -0.25) is 14.8 Å². The Hall–Kier alpha value is -5.46. The number of nitrogens with zero attached hydrogens (tertiary/aromatic N) is 9. The fourth-order valence-corrected chi connectivity index (χ4v) is 6.89. The Morgan fingerprint density at radius 2 is 1.29 bits per heavy atom. The van der Waals surface area contributed by atoms with Crippen LogP contribution in [0.4, 0.5) is 23.3 Å². The largest absolute Gasteiger partial charge is 0.477 e. The Bertz CT molecular complexity index is 2390. The summed E-state index contributed by atoms with van der Waals surface area (Å²) in [6.45, 7) is 2.18. The molecular formula is C33H29Br2N13O3. The van der Waals surface area contributed by atoms with Crippen molar-refractivity contribution in [2.24, 2.45) is 9.98 Å². The summed E-state index contributed by atoms with van der Waals surface area (Å²) in [6, 6.07) is 3.81. The molecule has 0 aromatic carbocycles. The van der Waals surface area contributed by atoms with E-state index in [9.17, 15) is 14.7 Å². The van der Waals surface area contributed by atoms with Gasteiger partial charge in [-0.25, -0.2) is 34.7 Å². The summed E-state index contributed by atoms with van der Waals surface area (Å²) in [6.07, 6.45) is 11.3. The van der Waals surface area contributed by atoms with Crippen molar-refractivity contribution >= 4 is 101 Å². The molecule has 5 N–H and O–H groups in total. The molecule has 6 aromatic rings. The Kier molecular flexibility index (Phi) is 9.61. The second-order valence-electron chi connectivity index (χ2n) is 11.9. The monoisotopic (exact) mass is 813 g/mol. The van der Waals surface area contributed by atoms with Crippen molar-refractivity contribution < 1.29 is 14.7 Å². The molecule has 8 heterocycles. The van der Waals surface area contributed by atoms with E-state index < -0.39 is 5.97 Å². The summed E-state index contributed by atoms with van der Waals surface area (Å²) >= 11 is 6.86. The highest BCUT2D eigenvalue weighted by molar-refractivity contribution is 9.11. The fourth-order valence-electron chi connectivity index (χ4n) is 5.55. The number of Topliss-reactive ketones (excluding diaryl/α,β-unsaturated/α-hetero) is 1. The van der Waals surface area contributed by atoms with Crippen LogP contribution in [0.25, 0.3) is 22.1 Å². The molecule has 2 aliphatic rings. The van der Waals surface area contributed by atoms with Crippen molar-refractivity contribution in [2.45, 2.75) is 25.9 Å². The van der Waals surface area contributed by atoms with Gasteiger partial charge in [-0.1, -0.05) is 0 Å². The van der Waals surface area contributed by atoms with E-state index in [4.69, 9.17) is 0 Å². The van der Waals surface area contributed by atoms with E-state index >= 15 is 0 Å². The van der Waals surface area contributed by atoms with E-state index in [0.29, 0.717) is 74.1 Å². The molecule has 258 valence electrons. The van der Waals surface area contributed by atoms with Gasteiger partial charge in [-0.05, 0) is 71.1 Å². The molecule has 8 rings (SSSR count). The van der Waals surface area contributed by atoms with Gasteiger partial charge in [0.1, 0.15) is 52.9 Å². The van der Waals surface area contributed by atoms with Crippen LogP contribution in [0.3, 0.4) is 0 Å². The van der Waals surface area contributed by atoms with Crippen LogP contribution < -0.4 is 10.6 Å². The molecule has 6 aromatic heterocycles. The van der Waals surface area contributed by atoms with E-state index in [0.717, 1.165) is 40.6 Å². The zero-order valence-corrected chi connectivity index (χ0v) is 30.4. The van der Waals surface area contributed by atoms with Gasteiger partial charge in [0.25, 0.3) is 0 Å². The fraction of sp³-hybridized carbons (Fsp3) is 0.212. The molecule has 0 amide bonds. The zero-order chi connectivity index (χ0) is 35.6. The van der Waals surface area contributed by atoms with Gasteiger partial charge in [-0.15, -0.1) is 0 Å². The van der Waals surface area contributed by atoms with Gasteiger partial charge in [0.15, 0.2) is 5.78 Å². The van der Waals surface area contributed by atoms with Crippen LogP contribution in [-0.4, -0.2) is 94.7 Å². The number of aromatic amines is 2. The number of hydrogen-bond acceptors (Lipinski definition) is 13. The Morgan fingerprint density at radius 3 is 1.80 bits per heavy atom. The lowest BCUT2D eigenvalue weighted by Gasteiger charge is -2.08. The van der Waals surface area contributed by atoms with Gasteiger partial charge in [0.05, 0.1) is 38.5 Å². The number of nitrogens with one attached hydrogen (secondary N) is 4. The van der Waals surface area contributed by atoms with Crippen molar-refractivity contribution in [3.8, 4) is 0 Å². The number of carboxylic acid groups (broad SMARTS) is 1. The molecule has 0 bridgehead atoms. The molecule has 0 atom stereocenters. The molecule has 2 aliphatic heterocycles. The summed E-state index contributed by atoms with van der Waals surface area (Å²) in [5.74, 6) is 1.29. The Balaban J connectivity index is 0.000000162. The Labute approximate surface area is 306 Å². The normalized spacial score (nSPS) is 12.6. The second-order valence-corrected chi connectivity index (χ2v) is 13.5. The van der Waals surface area contributed by atoms with Crippen LogP contribution in [0.5, 0.6) is 0 Å². The highest BCUT2D eigenvalue weighted by Gasteiger charge is 2.22. The van der Waals surface area contributed by atoms with Crippen LogP contribution in [-0.2, 0) is 13.1 Å². The minimum atomic E-state index is -1.08. The smallest absolute Gasteiger partial charge is 0.353 e. The Morgan fingerprint density at radius 1 is 0.784 bits per heavy atom. The first-order chi connectivity index (χ1) is 24.7. The first kappa shape index (κ1) is 34.0. The number of pyridine rings is 2. The van der Waals surface area contributed by atoms with Crippen LogP contribution >= 0.6 is 31.9 Å². The molecule has 51 heavy (non-hydrogen) atoms. The van der Waals surface area contributed by atoms with Gasteiger partial charge in [-0.2, -0.15) is 0 Å². The predicted octanol–water partition coefficient (Wildman–Crippen LogP) is 5.81. The minimum Gasteiger partial charge on any atom is -0.477 e. The quantitative estimate of drug-likeness (QED) is 0.104. The zero-order valence-electron chi connectivity index (χ0n) is 27.2. The van der Waals surface area contributed by atoms with Crippen molar-refractivity contribution in [1.82, 2.24) is 44.8 Å².